The molecule has 0 fully saturated rings. The van der Waals surface area contributed by atoms with Crippen LogP contribution < -0.4 is 0 Å². The van der Waals surface area contributed by atoms with Crippen molar-refractivity contribution in [3.05, 3.63) is 112 Å². The molecule has 1 aliphatic heterocycles. The van der Waals surface area contributed by atoms with Crippen molar-refractivity contribution in [1.29, 1.82) is 0 Å². The van der Waals surface area contributed by atoms with Gasteiger partial charge >= 0.3 is 0 Å². The number of amides is 2. The molecule has 0 unspecified atom stereocenters. The monoisotopic (exact) mass is 438 g/mol. The first-order valence-electron chi connectivity index (χ1n) is 11.5. The lowest BCUT2D eigenvalue weighted by atomic mass is 9.99. The Morgan fingerprint density at radius 2 is 1.39 bits per heavy atom. The molecule has 0 bridgehead atoms. The molecule has 4 rings (SSSR count). The van der Waals surface area contributed by atoms with Gasteiger partial charge in [-0.2, -0.15) is 0 Å². The van der Waals surface area contributed by atoms with E-state index in [4.69, 9.17) is 0 Å². The van der Waals surface area contributed by atoms with E-state index in [2.05, 4.69) is 6.92 Å². The molecule has 0 radical (unpaired) electrons. The Labute approximate surface area is 196 Å². The zero-order valence-corrected chi connectivity index (χ0v) is 19.5. The van der Waals surface area contributed by atoms with E-state index in [-0.39, 0.29) is 11.8 Å². The van der Waals surface area contributed by atoms with Gasteiger partial charge in [0.25, 0.3) is 11.8 Å². The molecule has 2 amide bonds. The van der Waals surface area contributed by atoms with Crippen molar-refractivity contribution in [1.82, 2.24) is 9.80 Å². The van der Waals surface area contributed by atoms with Gasteiger partial charge in [-0.05, 0) is 55.0 Å². The molecule has 4 nitrogen and oxygen atoms in total. The quantitative estimate of drug-likeness (QED) is 0.457. The summed E-state index contributed by atoms with van der Waals surface area (Å²) in [5, 5.41) is 0. The molecule has 0 atom stereocenters. The van der Waals surface area contributed by atoms with Crippen LogP contribution in [0.5, 0.6) is 0 Å². The Morgan fingerprint density at radius 1 is 0.758 bits per heavy atom. The normalized spacial score (nSPS) is 13.7. The lowest BCUT2D eigenvalue weighted by Crippen LogP contribution is -2.36. The maximum absolute atomic E-state index is 13.7. The molecule has 3 aromatic rings. The van der Waals surface area contributed by atoms with Crippen molar-refractivity contribution in [2.24, 2.45) is 0 Å². The maximum atomic E-state index is 13.7. The van der Waals surface area contributed by atoms with Gasteiger partial charge in [0.1, 0.15) is 5.70 Å². The number of nitrogens with zero attached hydrogens (tertiary/aromatic N) is 2. The minimum Gasteiger partial charge on any atom is -0.362 e. The molecule has 0 spiro atoms. The van der Waals surface area contributed by atoms with Crippen LogP contribution in [0.25, 0.3) is 5.57 Å². The first-order valence-corrected chi connectivity index (χ1v) is 11.5. The molecule has 1 aliphatic rings. The number of hydrogen-bond acceptors (Lipinski definition) is 3. The minimum atomic E-state index is -0.208. The Kier molecular flexibility index (Phi) is 6.74. The second kappa shape index (κ2) is 9.86. The number of aryl methyl sites for hydroxylation is 2. The highest BCUT2D eigenvalue weighted by Crippen LogP contribution is 2.33. The Bertz CT molecular complexity index is 1180. The highest BCUT2D eigenvalue weighted by Gasteiger charge is 2.41. The summed E-state index contributed by atoms with van der Waals surface area (Å²) in [6.07, 6.45) is 0.636. The number of carbonyl (C=O) groups excluding carboxylic acids is 2. The Hall–Kier alpha value is -3.66. The molecular formula is C29H30N2O2. The summed E-state index contributed by atoms with van der Waals surface area (Å²) in [4.78, 5) is 30.8. The molecule has 0 aliphatic carbocycles. The number of hydrogen-bond donors (Lipinski definition) is 0. The van der Waals surface area contributed by atoms with Crippen LogP contribution in [0, 0.1) is 13.8 Å². The van der Waals surface area contributed by atoms with Crippen LogP contribution in [0.2, 0.25) is 0 Å². The van der Waals surface area contributed by atoms with Gasteiger partial charge in [-0.25, -0.2) is 0 Å². The third-order valence-electron chi connectivity index (χ3n) is 6.32. The van der Waals surface area contributed by atoms with Gasteiger partial charge in [0.15, 0.2) is 0 Å². The second-order valence-corrected chi connectivity index (χ2v) is 8.52. The Balaban J connectivity index is 1.72. The average molecular weight is 439 g/mol. The number of likely N-dealkylation sites (N-methyl/N-ethyl adjacent to an activating group) is 1. The first kappa shape index (κ1) is 22.5. The van der Waals surface area contributed by atoms with Crippen molar-refractivity contribution >= 4 is 17.4 Å². The van der Waals surface area contributed by atoms with E-state index in [0.717, 1.165) is 27.8 Å². The smallest absolute Gasteiger partial charge is 0.277 e. The molecule has 3 aromatic carbocycles. The molecule has 4 heteroatoms. The van der Waals surface area contributed by atoms with Crippen molar-refractivity contribution < 1.29 is 9.59 Å². The lowest BCUT2D eigenvalue weighted by Gasteiger charge is -2.25. The zero-order chi connectivity index (χ0) is 23.4. The van der Waals surface area contributed by atoms with Crippen molar-refractivity contribution in [2.45, 2.75) is 33.7 Å². The fourth-order valence-corrected chi connectivity index (χ4v) is 4.26. The van der Waals surface area contributed by atoms with Crippen LogP contribution >= 0.6 is 0 Å². The van der Waals surface area contributed by atoms with Gasteiger partial charge in [-0.15, -0.1) is 0 Å². The number of carbonyl (C=O) groups is 2. The number of rotatable bonds is 8. The summed E-state index contributed by atoms with van der Waals surface area (Å²) in [5.41, 5.74) is 6.30. The van der Waals surface area contributed by atoms with E-state index in [0.29, 0.717) is 37.3 Å². The van der Waals surface area contributed by atoms with Crippen molar-refractivity contribution in [3.63, 3.8) is 0 Å². The summed E-state index contributed by atoms with van der Waals surface area (Å²) in [7, 11) is 0. The molecular weight excluding hydrogens is 408 g/mol. The lowest BCUT2D eigenvalue weighted by molar-refractivity contribution is -0.137. The van der Waals surface area contributed by atoms with Gasteiger partial charge in [-0.1, -0.05) is 78.9 Å². The van der Waals surface area contributed by atoms with Gasteiger partial charge in [-0.3, -0.25) is 14.5 Å². The van der Waals surface area contributed by atoms with E-state index in [1.165, 1.54) is 4.90 Å². The van der Waals surface area contributed by atoms with Crippen LogP contribution in [-0.4, -0.2) is 34.7 Å². The molecule has 0 saturated carbocycles. The van der Waals surface area contributed by atoms with Crippen molar-refractivity contribution in [2.75, 3.05) is 13.1 Å². The second-order valence-electron chi connectivity index (χ2n) is 8.52. The predicted molar refractivity (Wildman–Crippen MR) is 132 cm³/mol. The molecule has 168 valence electrons. The van der Waals surface area contributed by atoms with E-state index < -0.39 is 0 Å². The predicted octanol–water partition coefficient (Wildman–Crippen LogP) is 5.15. The van der Waals surface area contributed by atoms with Crippen LogP contribution in [-0.2, 0) is 22.6 Å². The van der Waals surface area contributed by atoms with Gasteiger partial charge in [0, 0.05) is 19.6 Å². The van der Waals surface area contributed by atoms with E-state index in [1.54, 1.807) is 0 Å². The Morgan fingerprint density at radius 3 is 2.00 bits per heavy atom. The van der Waals surface area contributed by atoms with Gasteiger partial charge in [0.05, 0.1) is 5.57 Å². The van der Waals surface area contributed by atoms with Crippen LogP contribution in [0.3, 0.4) is 0 Å². The largest absolute Gasteiger partial charge is 0.362 e. The molecule has 33 heavy (non-hydrogen) atoms. The summed E-state index contributed by atoms with van der Waals surface area (Å²) in [6, 6.07) is 26.0. The fraction of sp³-hybridized carbons (Fsp3) is 0.241. The van der Waals surface area contributed by atoms with Gasteiger partial charge < -0.3 is 4.90 Å². The summed E-state index contributed by atoms with van der Waals surface area (Å²) in [5.74, 6) is -0.414. The minimum absolute atomic E-state index is 0.207. The molecule has 0 N–H and O–H groups in total. The summed E-state index contributed by atoms with van der Waals surface area (Å²) < 4.78 is 0. The topological polar surface area (TPSA) is 40.6 Å². The van der Waals surface area contributed by atoms with Crippen LogP contribution in [0.4, 0.5) is 0 Å². The molecule has 0 saturated heterocycles. The summed E-state index contributed by atoms with van der Waals surface area (Å²) in [6.45, 7) is 7.68. The van der Waals surface area contributed by atoms with E-state index >= 15 is 0 Å². The van der Waals surface area contributed by atoms with Crippen LogP contribution in [0.1, 0.15) is 34.7 Å². The zero-order valence-electron chi connectivity index (χ0n) is 19.5. The van der Waals surface area contributed by atoms with Gasteiger partial charge in [0.2, 0.25) is 0 Å². The fourth-order valence-electron chi connectivity index (χ4n) is 4.26. The summed E-state index contributed by atoms with van der Waals surface area (Å²) >= 11 is 0. The SMILES string of the molecule is CCN(Cc1ccccc1)C1=C(c2ccc(C)c(C)c2)C(=O)N(CCc2ccccc2)C1=O. The number of imide groups is 1. The average Bonchev–Trinajstić information content (AvgIpc) is 3.08. The number of benzene rings is 3. The van der Waals surface area contributed by atoms with Crippen molar-refractivity contribution in [3.8, 4) is 0 Å². The van der Waals surface area contributed by atoms with E-state index in [9.17, 15) is 9.59 Å². The van der Waals surface area contributed by atoms with Crippen LogP contribution in [0.15, 0.2) is 84.6 Å². The first-order chi connectivity index (χ1) is 16.0. The highest BCUT2D eigenvalue weighted by atomic mass is 16.2. The third kappa shape index (κ3) is 4.75. The molecule has 0 aromatic heterocycles. The molecule has 1 heterocycles. The third-order valence-corrected chi connectivity index (χ3v) is 6.32. The highest BCUT2D eigenvalue weighted by molar-refractivity contribution is 6.35. The standard InChI is InChI=1S/C29H30N2O2/c1-4-30(20-24-13-9-6-10-14-24)27-26(25-16-15-21(2)22(3)19-25)28(32)31(29(27)33)18-17-23-11-7-5-8-12-23/h5-16,19H,4,17-18,20H2,1-3H3. The van der Waals surface area contributed by atoms with E-state index in [1.807, 2.05) is 97.6 Å². The maximum Gasteiger partial charge on any atom is 0.277 e.